The molecule has 2 atom stereocenters. The number of unbranched alkanes of at least 4 members (excludes halogenated alkanes) is 1. The third-order valence-electron chi connectivity index (χ3n) is 2.87. The van der Waals surface area contributed by atoms with Gasteiger partial charge in [0.25, 0.3) is 0 Å². The minimum atomic E-state index is 0.846. The first-order chi connectivity index (χ1) is 6.22. The van der Waals surface area contributed by atoms with Crippen LogP contribution in [0.4, 0.5) is 0 Å². The minimum Gasteiger partial charge on any atom is -0.330 e. The molecular weight excluding hydrogens is 160 g/mol. The lowest BCUT2D eigenvalue weighted by molar-refractivity contribution is 0.139. The zero-order chi connectivity index (χ0) is 9.68. The Morgan fingerprint density at radius 3 is 2.31 bits per heavy atom. The molecular formula is C11H24N2. The Kier molecular flexibility index (Phi) is 4.74. The maximum atomic E-state index is 5.48. The van der Waals surface area contributed by atoms with Gasteiger partial charge in [-0.3, -0.25) is 0 Å². The molecule has 1 aliphatic heterocycles. The van der Waals surface area contributed by atoms with Crippen molar-refractivity contribution in [1.29, 1.82) is 0 Å². The first kappa shape index (κ1) is 11.0. The van der Waals surface area contributed by atoms with E-state index in [1.165, 1.54) is 38.9 Å². The fraction of sp³-hybridized carbons (Fsp3) is 1.00. The van der Waals surface area contributed by atoms with Crippen molar-refractivity contribution >= 4 is 0 Å². The normalized spacial score (nSPS) is 30.7. The third kappa shape index (κ3) is 4.10. The number of nitrogens with zero attached hydrogens (tertiary/aromatic N) is 1. The zero-order valence-electron chi connectivity index (χ0n) is 9.13. The molecule has 0 aromatic rings. The van der Waals surface area contributed by atoms with Crippen LogP contribution in [0, 0.1) is 11.8 Å². The van der Waals surface area contributed by atoms with Crippen molar-refractivity contribution in [3.63, 3.8) is 0 Å². The standard InChI is InChI=1S/C11H24N2/c1-10-7-11(2)9-13(8-10)6-4-3-5-12/h10-11H,3-9,12H2,1-2H3. The number of likely N-dealkylation sites (tertiary alicyclic amines) is 1. The van der Waals surface area contributed by atoms with Gasteiger partial charge in [-0.2, -0.15) is 0 Å². The minimum absolute atomic E-state index is 0.846. The number of piperidine rings is 1. The summed E-state index contributed by atoms with van der Waals surface area (Å²) in [6.07, 6.45) is 3.86. The molecule has 0 aromatic heterocycles. The number of hydrogen-bond donors (Lipinski definition) is 1. The van der Waals surface area contributed by atoms with Crippen LogP contribution in [0.1, 0.15) is 33.1 Å². The van der Waals surface area contributed by atoms with Gasteiger partial charge in [0.05, 0.1) is 0 Å². The summed E-state index contributed by atoms with van der Waals surface area (Å²) in [5, 5.41) is 0. The highest BCUT2D eigenvalue weighted by Gasteiger charge is 2.20. The highest BCUT2D eigenvalue weighted by atomic mass is 15.1. The van der Waals surface area contributed by atoms with Gasteiger partial charge in [0.15, 0.2) is 0 Å². The molecule has 1 fully saturated rings. The molecule has 2 N–H and O–H groups in total. The lowest BCUT2D eigenvalue weighted by Crippen LogP contribution is -2.39. The molecule has 0 aliphatic carbocycles. The Balaban J connectivity index is 2.17. The maximum Gasteiger partial charge on any atom is 0.000724 e. The topological polar surface area (TPSA) is 29.3 Å². The van der Waals surface area contributed by atoms with E-state index in [4.69, 9.17) is 5.73 Å². The summed E-state index contributed by atoms with van der Waals surface area (Å²) in [7, 11) is 0. The van der Waals surface area contributed by atoms with Gasteiger partial charge in [-0.15, -0.1) is 0 Å². The SMILES string of the molecule is CC1CC(C)CN(CCCCN)C1. The summed E-state index contributed by atoms with van der Waals surface area (Å²) in [5.74, 6) is 1.78. The van der Waals surface area contributed by atoms with Crippen LogP contribution in [0.15, 0.2) is 0 Å². The largest absolute Gasteiger partial charge is 0.330 e. The van der Waals surface area contributed by atoms with Gasteiger partial charge in [-0.05, 0) is 44.2 Å². The predicted molar refractivity (Wildman–Crippen MR) is 57.7 cm³/mol. The number of rotatable bonds is 4. The van der Waals surface area contributed by atoms with Crippen LogP contribution in [0.3, 0.4) is 0 Å². The molecule has 78 valence electrons. The molecule has 1 rings (SSSR count). The Labute approximate surface area is 82.5 Å². The third-order valence-corrected chi connectivity index (χ3v) is 2.87. The summed E-state index contributed by atoms with van der Waals surface area (Å²) < 4.78 is 0. The Morgan fingerprint density at radius 1 is 1.15 bits per heavy atom. The van der Waals surface area contributed by atoms with E-state index in [9.17, 15) is 0 Å². The summed E-state index contributed by atoms with van der Waals surface area (Å²) in [5.41, 5.74) is 5.48. The number of nitrogens with two attached hydrogens (primary N) is 1. The van der Waals surface area contributed by atoms with Crippen molar-refractivity contribution in [3.05, 3.63) is 0 Å². The average molecular weight is 184 g/mol. The maximum absolute atomic E-state index is 5.48. The first-order valence-corrected chi connectivity index (χ1v) is 5.64. The molecule has 0 spiro atoms. The van der Waals surface area contributed by atoms with Crippen LogP contribution in [0.25, 0.3) is 0 Å². The second-order valence-corrected chi connectivity index (χ2v) is 4.70. The summed E-state index contributed by atoms with van der Waals surface area (Å²) in [6, 6.07) is 0. The van der Waals surface area contributed by atoms with E-state index in [-0.39, 0.29) is 0 Å². The van der Waals surface area contributed by atoms with Crippen LogP contribution in [0.5, 0.6) is 0 Å². The fourth-order valence-corrected chi connectivity index (χ4v) is 2.45. The average Bonchev–Trinajstić information content (AvgIpc) is 2.03. The molecule has 0 saturated carbocycles. The van der Waals surface area contributed by atoms with Crippen molar-refractivity contribution < 1.29 is 0 Å². The molecule has 0 radical (unpaired) electrons. The quantitative estimate of drug-likeness (QED) is 0.674. The van der Waals surface area contributed by atoms with Crippen molar-refractivity contribution in [2.24, 2.45) is 17.6 Å². The lowest BCUT2D eigenvalue weighted by atomic mass is 9.92. The predicted octanol–water partition coefficient (Wildman–Crippen LogP) is 1.70. The second kappa shape index (κ2) is 5.61. The van der Waals surface area contributed by atoms with Crippen LogP contribution >= 0.6 is 0 Å². The highest BCUT2D eigenvalue weighted by molar-refractivity contribution is 4.74. The smallest absolute Gasteiger partial charge is 0.000724 e. The molecule has 13 heavy (non-hydrogen) atoms. The van der Waals surface area contributed by atoms with E-state index in [0.29, 0.717) is 0 Å². The van der Waals surface area contributed by atoms with Crippen molar-refractivity contribution in [1.82, 2.24) is 4.90 Å². The highest BCUT2D eigenvalue weighted by Crippen LogP contribution is 2.20. The van der Waals surface area contributed by atoms with E-state index in [1.54, 1.807) is 0 Å². The van der Waals surface area contributed by atoms with Gasteiger partial charge in [0.2, 0.25) is 0 Å². The van der Waals surface area contributed by atoms with Gasteiger partial charge in [0.1, 0.15) is 0 Å². The fourth-order valence-electron chi connectivity index (χ4n) is 2.45. The Bertz CT molecular complexity index is 126. The molecule has 0 amide bonds. The second-order valence-electron chi connectivity index (χ2n) is 4.70. The van der Waals surface area contributed by atoms with Crippen LogP contribution in [0.2, 0.25) is 0 Å². The van der Waals surface area contributed by atoms with Crippen molar-refractivity contribution in [3.8, 4) is 0 Å². The lowest BCUT2D eigenvalue weighted by Gasteiger charge is -2.34. The van der Waals surface area contributed by atoms with Crippen LogP contribution in [-0.4, -0.2) is 31.1 Å². The molecule has 1 aliphatic rings. The van der Waals surface area contributed by atoms with E-state index in [0.717, 1.165) is 18.4 Å². The molecule has 1 saturated heterocycles. The molecule has 2 nitrogen and oxygen atoms in total. The van der Waals surface area contributed by atoms with Gasteiger partial charge >= 0.3 is 0 Å². The van der Waals surface area contributed by atoms with Gasteiger partial charge in [-0.1, -0.05) is 13.8 Å². The number of hydrogen-bond acceptors (Lipinski definition) is 2. The van der Waals surface area contributed by atoms with Crippen LogP contribution < -0.4 is 5.73 Å². The first-order valence-electron chi connectivity index (χ1n) is 5.64. The molecule has 0 bridgehead atoms. The molecule has 2 heteroatoms. The monoisotopic (exact) mass is 184 g/mol. The van der Waals surface area contributed by atoms with Gasteiger partial charge in [-0.25, -0.2) is 0 Å². The molecule has 2 unspecified atom stereocenters. The summed E-state index contributed by atoms with van der Waals surface area (Å²) >= 11 is 0. The van der Waals surface area contributed by atoms with Crippen LogP contribution in [-0.2, 0) is 0 Å². The Morgan fingerprint density at radius 2 is 1.77 bits per heavy atom. The van der Waals surface area contributed by atoms with E-state index in [2.05, 4.69) is 18.7 Å². The van der Waals surface area contributed by atoms with Gasteiger partial charge < -0.3 is 10.6 Å². The Hall–Kier alpha value is -0.0800. The molecule has 1 heterocycles. The van der Waals surface area contributed by atoms with E-state index < -0.39 is 0 Å². The van der Waals surface area contributed by atoms with E-state index >= 15 is 0 Å². The van der Waals surface area contributed by atoms with Crippen molar-refractivity contribution in [2.45, 2.75) is 33.1 Å². The van der Waals surface area contributed by atoms with E-state index in [1.807, 2.05) is 0 Å². The van der Waals surface area contributed by atoms with Crippen molar-refractivity contribution in [2.75, 3.05) is 26.2 Å². The summed E-state index contributed by atoms with van der Waals surface area (Å²) in [4.78, 5) is 2.61. The molecule has 0 aromatic carbocycles. The van der Waals surface area contributed by atoms with Gasteiger partial charge in [0, 0.05) is 13.1 Å². The summed E-state index contributed by atoms with van der Waals surface area (Å²) in [6.45, 7) is 9.44. The zero-order valence-corrected chi connectivity index (χ0v) is 9.13.